The van der Waals surface area contributed by atoms with E-state index in [2.05, 4.69) is 66.8 Å². The van der Waals surface area contributed by atoms with E-state index < -0.39 is 53.6 Å². The number of ether oxygens (including phenoxy) is 3. The minimum absolute atomic E-state index is 0.0486. The summed E-state index contributed by atoms with van der Waals surface area (Å²) in [7, 11) is -5.00. The number of aryl methyl sites for hydroxylation is 2. The van der Waals surface area contributed by atoms with E-state index in [-0.39, 0.29) is 19.1 Å². The zero-order valence-corrected chi connectivity index (χ0v) is 38.9. The van der Waals surface area contributed by atoms with Crippen LogP contribution in [-0.4, -0.2) is 85.7 Å². The van der Waals surface area contributed by atoms with E-state index in [9.17, 15) is 28.0 Å². The lowest BCUT2D eigenvalue weighted by Crippen LogP contribution is -2.66. The van der Waals surface area contributed by atoms with Gasteiger partial charge in [0.25, 0.3) is 0 Å². The second-order valence-electron chi connectivity index (χ2n) is 17.4. The van der Waals surface area contributed by atoms with Gasteiger partial charge in [-0.05, 0) is 56.1 Å². The first-order chi connectivity index (χ1) is 30.2. The average molecular weight is 890 g/mol. The summed E-state index contributed by atoms with van der Waals surface area (Å²) in [4.78, 5) is 13.7. The molecule has 0 aromatic heterocycles. The molecule has 0 radical (unpaired) electrons. The molecule has 12 heteroatoms. The SMILES string of the molecule is CCCCCCCCCCC[C@@H](CC(=O)N[C@H]1C(O)O[C@H](CO)[C@@H](OS(=O)(=O)O)[C@@H]1OCCCCCCCCCc1ccccc1)OCCCCCCCCCc1ccccc1. The van der Waals surface area contributed by atoms with Crippen LogP contribution >= 0.6 is 0 Å². The van der Waals surface area contributed by atoms with Crippen molar-refractivity contribution in [3.63, 3.8) is 0 Å². The van der Waals surface area contributed by atoms with E-state index in [4.69, 9.17) is 18.4 Å². The number of amides is 1. The zero-order chi connectivity index (χ0) is 44.5. The summed E-state index contributed by atoms with van der Waals surface area (Å²) in [6.07, 6.45) is 22.7. The number of hydrogen-bond donors (Lipinski definition) is 4. The molecule has 1 unspecified atom stereocenters. The summed E-state index contributed by atoms with van der Waals surface area (Å²) in [5.41, 5.74) is 2.76. The fraction of sp³-hybridized carbons (Fsp3) is 0.740. The Bertz CT molecular complexity index is 1480. The van der Waals surface area contributed by atoms with Crippen LogP contribution in [0.25, 0.3) is 0 Å². The van der Waals surface area contributed by atoms with Crippen molar-refractivity contribution in [1.29, 1.82) is 0 Å². The quantitative estimate of drug-likeness (QED) is 0.0377. The fourth-order valence-corrected chi connectivity index (χ4v) is 8.96. The maximum Gasteiger partial charge on any atom is 0.397 e. The predicted molar refractivity (Wildman–Crippen MR) is 247 cm³/mol. The van der Waals surface area contributed by atoms with Crippen molar-refractivity contribution in [3.05, 3.63) is 71.8 Å². The average Bonchev–Trinajstić information content (AvgIpc) is 3.26. The third-order valence-corrected chi connectivity index (χ3v) is 12.5. The molecule has 0 bridgehead atoms. The molecule has 2 aromatic carbocycles. The van der Waals surface area contributed by atoms with Gasteiger partial charge in [-0.15, -0.1) is 0 Å². The Morgan fingerprint density at radius 3 is 1.63 bits per heavy atom. The molecular formula is C50H83NO10S. The van der Waals surface area contributed by atoms with Crippen LogP contribution in [0.2, 0.25) is 0 Å². The van der Waals surface area contributed by atoms with Crippen molar-refractivity contribution in [2.75, 3.05) is 19.8 Å². The van der Waals surface area contributed by atoms with Gasteiger partial charge in [0.1, 0.15) is 24.4 Å². The minimum atomic E-state index is -5.00. The lowest BCUT2D eigenvalue weighted by atomic mass is 9.96. The van der Waals surface area contributed by atoms with Crippen molar-refractivity contribution in [2.45, 2.75) is 217 Å². The summed E-state index contributed by atoms with van der Waals surface area (Å²) in [6.45, 7) is 2.27. The highest BCUT2D eigenvalue weighted by molar-refractivity contribution is 7.80. The number of unbranched alkanes of at least 4 members (excludes halogenated alkanes) is 20. The van der Waals surface area contributed by atoms with Gasteiger partial charge in [0.2, 0.25) is 5.91 Å². The highest BCUT2D eigenvalue weighted by atomic mass is 32.3. The van der Waals surface area contributed by atoms with Gasteiger partial charge in [0.15, 0.2) is 6.29 Å². The fourth-order valence-electron chi connectivity index (χ4n) is 8.44. The molecule has 1 fully saturated rings. The zero-order valence-electron chi connectivity index (χ0n) is 38.1. The van der Waals surface area contributed by atoms with E-state index in [1.54, 1.807) is 0 Å². The smallest absolute Gasteiger partial charge is 0.394 e. The molecule has 6 atom stereocenters. The highest BCUT2D eigenvalue weighted by Gasteiger charge is 2.49. The minimum Gasteiger partial charge on any atom is -0.394 e. The number of carbonyl (C=O) groups excluding carboxylic acids is 1. The van der Waals surface area contributed by atoms with E-state index in [0.29, 0.717) is 13.0 Å². The van der Waals surface area contributed by atoms with Crippen molar-refractivity contribution >= 4 is 16.3 Å². The molecule has 2 aromatic rings. The van der Waals surface area contributed by atoms with Crippen molar-refractivity contribution in [1.82, 2.24) is 5.32 Å². The second kappa shape index (κ2) is 34.0. The number of rotatable bonds is 38. The van der Waals surface area contributed by atoms with Gasteiger partial charge in [0.05, 0.1) is 19.1 Å². The summed E-state index contributed by atoms with van der Waals surface area (Å²) in [5, 5.41) is 23.9. The van der Waals surface area contributed by atoms with Crippen molar-refractivity contribution < 1.29 is 46.4 Å². The van der Waals surface area contributed by atoms with Crippen LogP contribution in [0.3, 0.4) is 0 Å². The van der Waals surface area contributed by atoms with E-state index in [1.165, 1.54) is 75.3 Å². The molecule has 1 saturated heterocycles. The molecule has 0 saturated carbocycles. The Kier molecular flexibility index (Phi) is 29.6. The third kappa shape index (κ3) is 25.2. The molecule has 11 nitrogen and oxygen atoms in total. The second-order valence-corrected chi connectivity index (χ2v) is 18.4. The van der Waals surface area contributed by atoms with Crippen LogP contribution in [-0.2, 0) is 46.4 Å². The Morgan fingerprint density at radius 1 is 0.661 bits per heavy atom. The summed E-state index contributed by atoms with van der Waals surface area (Å²) < 4.78 is 56.5. The summed E-state index contributed by atoms with van der Waals surface area (Å²) in [5.74, 6) is -0.400. The van der Waals surface area contributed by atoms with E-state index in [1.807, 2.05) is 6.07 Å². The maximum atomic E-state index is 13.7. The maximum absolute atomic E-state index is 13.7. The Hall–Kier alpha value is -2.42. The molecule has 0 spiro atoms. The molecule has 354 valence electrons. The van der Waals surface area contributed by atoms with Gasteiger partial charge in [-0.3, -0.25) is 9.35 Å². The van der Waals surface area contributed by atoms with Crippen LogP contribution in [0.4, 0.5) is 0 Å². The van der Waals surface area contributed by atoms with Crippen LogP contribution in [0.1, 0.15) is 179 Å². The van der Waals surface area contributed by atoms with E-state index in [0.717, 1.165) is 96.3 Å². The summed E-state index contributed by atoms with van der Waals surface area (Å²) in [6, 6.07) is 19.9. The molecule has 1 aliphatic heterocycles. The molecule has 1 aliphatic rings. The van der Waals surface area contributed by atoms with Gasteiger partial charge in [0, 0.05) is 13.2 Å². The predicted octanol–water partition coefficient (Wildman–Crippen LogP) is 10.4. The Balaban J connectivity index is 1.49. The van der Waals surface area contributed by atoms with Gasteiger partial charge < -0.3 is 29.7 Å². The molecule has 1 amide bonds. The molecule has 0 aliphatic carbocycles. The van der Waals surface area contributed by atoms with Crippen molar-refractivity contribution in [2.24, 2.45) is 0 Å². The molecular weight excluding hydrogens is 807 g/mol. The van der Waals surface area contributed by atoms with Gasteiger partial charge >= 0.3 is 10.4 Å². The van der Waals surface area contributed by atoms with Gasteiger partial charge in [-0.25, -0.2) is 4.18 Å². The lowest BCUT2D eigenvalue weighted by molar-refractivity contribution is -0.257. The molecule has 3 rings (SSSR count). The topological polar surface area (TPSA) is 161 Å². The first-order valence-electron chi connectivity index (χ1n) is 24.4. The standard InChI is InChI=1S/C50H83NO10S/c1-2-3-4-5-6-7-12-17-28-37-44(58-38-29-18-13-8-10-15-22-31-42-33-24-20-25-34-42)40-46(53)51-47-49(48(61-62(55,56)57)45(41-52)60-50(47)54)59-39-30-19-14-9-11-16-23-32-43-35-26-21-27-36-43/h20-21,24-27,33-36,44-45,47-50,52,54H,2-19,22-23,28-32,37-41H2,1H3,(H,51,53)(H,55,56,57)/t44-,45+,47+,48+,49+,50?/m0/s1. The van der Waals surface area contributed by atoms with Crippen LogP contribution < -0.4 is 5.32 Å². The first-order valence-corrected chi connectivity index (χ1v) is 25.8. The first kappa shape index (κ1) is 53.9. The number of aliphatic hydroxyl groups is 2. The number of hydrogen-bond acceptors (Lipinski definition) is 9. The normalized spacial score (nSPS) is 19.7. The number of nitrogens with one attached hydrogen (secondary N) is 1. The monoisotopic (exact) mass is 890 g/mol. The highest BCUT2D eigenvalue weighted by Crippen LogP contribution is 2.27. The van der Waals surface area contributed by atoms with Crippen LogP contribution in [0.15, 0.2) is 60.7 Å². The third-order valence-electron chi connectivity index (χ3n) is 12.0. The Morgan fingerprint density at radius 2 is 1.13 bits per heavy atom. The van der Waals surface area contributed by atoms with Gasteiger partial charge in [-0.2, -0.15) is 8.42 Å². The number of aliphatic hydroxyl groups excluding tert-OH is 2. The number of carbonyl (C=O) groups is 1. The summed E-state index contributed by atoms with van der Waals surface area (Å²) >= 11 is 0. The number of benzene rings is 2. The van der Waals surface area contributed by atoms with Crippen LogP contribution in [0, 0.1) is 0 Å². The van der Waals surface area contributed by atoms with Crippen molar-refractivity contribution in [3.8, 4) is 0 Å². The molecule has 62 heavy (non-hydrogen) atoms. The van der Waals surface area contributed by atoms with Crippen LogP contribution in [0.5, 0.6) is 0 Å². The molecule has 1 heterocycles. The van der Waals surface area contributed by atoms with E-state index >= 15 is 0 Å². The molecule has 4 N–H and O–H groups in total. The largest absolute Gasteiger partial charge is 0.397 e. The lowest BCUT2D eigenvalue weighted by Gasteiger charge is -2.43. The van der Waals surface area contributed by atoms with Gasteiger partial charge in [-0.1, -0.05) is 190 Å². The Labute approximate surface area is 375 Å².